The molecule has 1 heterocycles. The Labute approximate surface area is 111 Å². The highest BCUT2D eigenvalue weighted by Gasteiger charge is 2.42. The number of rotatable bonds is 6. The fourth-order valence-electron chi connectivity index (χ4n) is 2.07. The highest BCUT2D eigenvalue weighted by Crippen LogP contribution is 2.21. The predicted molar refractivity (Wildman–Crippen MR) is 72.6 cm³/mol. The fraction of sp³-hybridized carbons (Fsp3) is 0.833. The summed E-state index contributed by atoms with van der Waals surface area (Å²) < 4.78 is 22.7. The molecule has 0 radical (unpaired) electrons. The zero-order valence-electron chi connectivity index (χ0n) is 11.7. The van der Waals surface area contributed by atoms with Crippen LogP contribution in [0.25, 0.3) is 0 Å². The molecule has 0 N–H and O–H groups in total. The Hall–Kier alpha value is -0.243. The van der Waals surface area contributed by atoms with Crippen molar-refractivity contribution in [3.63, 3.8) is 0 Å². The van der Waals surface area contributed by atoms with Crippen LogP contribution in [0.3, 0.4) is 0 Å². The molecule has 0 aromatic rings. The molecule has 1 saturated heterocycles. The Kier molecular flexibility index (Phi) is 7.06. The van der Waals surface area contributed by atoms with Crippen LogP contribution < -0.4 is 0 Å². The molecular weight excluding hydrogens is 250 g/mol. The number of likely N-dealkylation sites (N-methyl/N-ethyl adjacent to an activating group) is 1. The highest BCUT2D eigenvalue weighted by atomic mass is 28.4. The molecular formula is C12H25NO4Si. The van der Waals surface area contributed by atoms with E-state index in [0.29, 0.717) is 6.61 Å². The third kappa shape index (κ3) is 4.79. The third-order valence-corrected chi connectivity index (χ3v) is 5.90. The number of hydrogen-bond acceptors (Lipinski definition) is 5. The third-order valence-electron chi connectivity index (χ3n) is 3.00. The van der Waals surface area contributed by atoms with Crippen molar-refractivity contribution in [3.05, 3.63) is 12.7 Å². The number of ether oxygens (including phenoxy) is 1. The maximum atomic E-state index is 6.09. The summed E-state index contributed by atoms with van der Waals surface area (Å²) in [5.74, 6) is 0. The van der Waals surface area contributed by atoms with E-state index in [4.69, 9.17) is 18.0 Å². The SMILES string of the molecule is C=CCN(C)CC1COCCC[Si](OC)(OC)O1. The Morgan fingerprint density at radius 2 is 2.17 bits per heavy atom. The van der Waals surface area contributed by atoms with Crippen molar-refractivity contribution in [1.82, 2.24) is 4.90 Å². The van der Waals surface area contributed by atoms with Gasteiger partial charge in [0.2, 0.25) is 0 Å². The lowest BCUT2D eigenvalue weighted by Gasteiger charge is -2.34. The second-order valence-corrected chi connectivity index (χ2v) is 7.44. The minimum absolute atomic E-state index is 0.0122. The van der Waals surface area contributed by atoms with Crippen LogP contribution in [0.15, 0.2) is 12.7 Å². The molecule has 0 spiro atoms. The summed E-state index contributed by atoms with van der Waals surface area (Å²) in [5.41, 5.74) is 0. The Balaban J connectivity index is 2.60. The van der Waals surface area contributed by atoms with E-state index in [1.807, 2.05) is 13.1 Å². The minimum atomic E-state index is -2.50. The van der Waals surface area contributed by atoms with E-state index >= 15 is 0 Å². The van der Waals surface area contributed by atoms with Crippen LogP contribution in [-0.4, -0.2) is 67.4 Å². The summed E-state index contributed by atoms with van der Waals surface area (Å²) in [4.78, 5) is 2.15. The van der Waals surface area contributed by atoms with E-state index in [1.54, 1.807) is 14.2 Å². The first kappa shape index (κ1) is 15.8. The van der Waals surface area contributed by atoms with Gasteiger partial charge in [-0.2, -0.15) is 0 Å². The Morgan fingerprint density at radius 3 is 2.78 bits per heavy atom. The zero-order chi connectivity index (χ0) is 13.4. The largest absolute Gasteiger partial charge is 0.500 e. The summed E-state index contributed by atoms with van der Waals surface area (Å²) >= 11 is 0. The first-order valence-corrected chi connectivity index (χ1v) is 8.24. The number of hydrogen-bond donors (Lipinski definition) is 0. The fourth-order valence-corrected chi connectivity index (χ4v) is 4.18. The molecule has 0 aromatic carbocycles. The summed E-state index contributed by atoms with van der Waals surface area (Å²) in [5, 5.41) is 0. The average Bonchev–Trinajstić information content (AvgIpc) is 2.33. The molecule has 1 aliphatic rings. The van der Waals surface area contributed by atoms with E-state index in [1.165, 1.54) is 0 Å². The van der Waals surface area contributed by atoms with Gasteiger partial charge in [-0.1, -0.05) is 6.08 Å². The standard InChI is InChI=1S/C12H25NO4Si/c1-5-7-13(2)10-12-11-16-8-6-9-18(14-3,15-4)17-12/h5,12H,1,6-11H2,2-4H3. The molecule has 0 aliphatic carbocycles. The first-order chi connectivity index (χ1) is 8.65. The highest BCUT2D eigenvalue weighted by molar-refractivity contribution is 6.60. The normalized spacial score (nSPS) is 24.6. The molecule has 5 nitrogen and oxygen atoms in total. The van der Waals surface area contributed by atoms with Gasteiger partial charge >= 0.3 is 8.80 Å². The minimum Gasteiger partial charge on any atom is -0.379 e. The first-order valence-electron chi connectivity index (χ1n) is 6.31. The molecule has 0 saturated carbocycles. The van der Waals surface area contributed by atoms with E-state index < -0.39 is 8.80 Å². The van der Waals surface area contributed by atoms with Crippen molar-refractivity contribution in [3.8, 4) is 0 Å². The van der Waals surface area contributed by atoms with E-state index in [2.05, 4.69) is 11.5 Å². The molecule has 0 aromatic heterocycles. The summed E-state index contributed by atoms with van der Waals surface area (Å²) in [6.45, 7) is 6.68. The van der Waals surface area contributed by atoms with Crippen LogP contribution in [0.5, 0.6) is 0 Å². The van der Waals surface area contributed by atoms with Gasteiger partial charge in [0.25, 0.3) is 0 Å². The van der Waals surface area contributed by atoms with E-state index in [0.717, 1.165) is 32.2 Å². The van der Waals surface area contributed by atoms with Crippen molar-refractivity contribution in [1.29, 1.82) is 0 Å². The molecule has 1 aliphatic heterocycles. The second kappa shape index (κ2) is 8.03. The maximum absolute atomic E-state index is 6.09. The summed E-state index contributed by atoms with van der Waals surface area (Å²) in [6, 6.07) is 0.807. The van der Waals surface area contributed by atoms with Crippen molar-refractivity contribution < 1.29 is 18.0 Å². The topological polar surface area (TPSA) is 40.2 Å². The molecule has 0 bridgehead atoms. The average molecular weight is 275 g/mol. The molecule has 18 heavy (non-hydrogen) atoms. The lowest BCUT2D eigenvalue weighted by molar-refractivity contribution is -0.0239. The predicted octanol–water partition coefficient (Wildman–Crippen LogP) is 1.14. The lowest BCUT2D eigenvalue weighted by atomic mass is 10.3. The van der Waals surface area contributed by atoms with Crippen LogP contribution in [-0.2, 0) is 18.0 Å². The Morgan fingerprint density at radius 1 is 1.44 bits per heavy atom. The van der Waals surface area contributed by atoms with Crippen molar-refractivity contribution in [2.75, 3.05) is 47.6 Å². The molecule has 6 heteroatoms. The monoisotopic (exact) mass is 275 g/mol. The van der Waals surface area contributed by atoms with E-state index in [9.17, 15) is 0 Å². The van der Waals surface area contributed by atoms with Crippen LogP contribution in [0.1, 0.15) is 6.42 Å². The molecule has 1 unspecified atom stereocenters. The van der Waals surface area contributed by atoms with Gasteiger partial charge in [-0.25, -0.2) is 0 Å². The number of nitrogens with zero attached hydrogens (tertiary/aromatic N) is 1. The van der Waals surface area contributed by atoms with Crippen LogP contribution in [0, 0.1) is 0 Å². The van der Waals surface area contributed by atoms with Gasteiger partial charge in [0.05, 0.1) is 12.7 Å². The maximum Gasteiger partial charge on any atom is 0.500 e. The Bertz CT molecular complexity index is 248. The van der Waals surface area contributed by atoms with Gasteiger partial charge in [-0.05, 0) is 13.5 Å². The van der Waals surface area contributed by atoms with Crippen molar-refractivity contribution >= 4 is 8.80 Å². The quantitative estimate of drug-likeness (QED) is 0.537. The lowest BCUT2D eigenvalue weighted by Crippen LogP contribution is -2.51. The summed E-state index contributed by atoms with van der Waals surface area (Å²) in [7, 11) is 2.87. The van der Waals surface area contributed by atoms with Crippen LogP contribution >= 0.6 is 0 Å². The van der Waals surface area contributed by atoms with Crippen molar-refractivity contribution in [2.45, 2.75) is 18.6 Å². The van der Waals surface area contributed by atoms with Crippen LogP contribution in [0.2, 0.25) is 6.04 Å². The zero-order valence-corrected chi connectivity index (χ0v) is 12.7. The van der Waals surface area contributed by atoms with Gasteiger partial charge in [0.15, 0.2) is 0 Å². The smallest absolute Gasteiger partial charge is 0.379 e. The van der Waals surface area contributed by atoms with Gasteiger partial charge in [-0.15, -0.1) is 6.58 Å². The van der Waals surface area contributed by atoms with Gasteiger partial charge in [-0.3, -0.25) is 0 Å². The molecule has 1 rings (SSSR count). The summed E-state index contributed by atoms with van der Waals surface area (Å²) in [6.07, 6.45) is 2.78. The van der Waals surface area contributed by atoms with Gasteiger partial charge in [0.1, 0.15) is 0 Å². The second-order valence-electron chi connectivity index (χ2n) is 4.52. The van der Waals surface area contributed by atoms with Crippen LogP contribution in [0.4, 0.5) is 0 Å². The molecule has 1 atom stereocenters. The molecule has 0 amide bonds. The van der Waals surface area contributed by atoms with Crippen molar-refractivity contribution in [2.24, 2.45) is 0 Å². The molecule has 106 valence electrons. The van der Waals surface area contributed by atoms with E-state index in [-0.39, 0.29) is 6.10 Å². The molecule has 1 fully saturated rings. The van der Waals surface area contributed by atoms with Gasteiger partial charge in [0, 0.05) is 40.0 Å². The van der Waals surface area contributed by atoms with Gasteiger partial charge < -0.3 is 22.9 Å².